The van der Waals surface area contributed by atoms with Crippen LogP contribution in [-0.2, 0) is 5.54 Å². The van der Waals surface area contributed by atoms with Gasteiger partial charge in [0.15, 0.2) is 0 Å². The van der Waals surface area contributed by atoms with Gasteiger partial charge in [-0.1, -0.05) is 11.6 Å². The molecule has 0 aromatic heterocycles. The third-order valence-electron chi connectivity index (χ3n) is 2.51. The Labute approximate surface area is 86.5 Å². The van der Waals surface area contributed by atoms with Crippen LogP contribution < -0.4 is 5.73 Å². The summed E-state index contributed by atoms with van der Waals surface area (Å²) >= 11 is 5.81. The first kappa shape index (κ1) is 9.49. The molecule has 0 radical (unpaired) electrons. The van der Waals surface area contributed by atoms with Crippen molar-refractivity contribution in [3.63, 3.8) is 0 Å². The molecule has 74 valence electrons. The SMILES string of the molecule is NC1(c2cc(Cl)cc(C(=O)O)c2)CC1. The molecule has 1 aliphatic rings. The topological polar surface area (TPSA) is 63.3 Å². The van der Waals surface area contributed by atoms with Crippen molar-refractivity contribution >= 4 is 17.6 Å². The number of hydrogen-bond acceptors (Lipinski definition) is 2. The monoisotopic (exact) mass is 211 g/mol. The number of carboxylic acid groups (broad SMARTS) is 1. The predicted molar refractivity (Wildman–Crippen MR) is 53.5 cm³/mol. The molecule has 1 saturated carbocycles. The Hall–Kier alpha value is -1.06. The lowest BCUT2D eigenvalue weighted by Crippen LogP contribution is -2.19. The quantitative estimate of drug-likeness (QED) is 0.787. The third-order valence-corrected chi connectivity index (χ3v) is 2.73. The fourth-order valence-electron chi connectivity index (χ4n) is 1.42. The highest BCUT2D eigenvalue weighted by Gasteiger charge is 2.40. The van der Waals surface area contributed by atoms with E-state index in [1.54, 1.807) is 12.1 Å². The highest BCUT2D eigenvalue weighted by Crippen LogP contribution is 2.43. The van der Waals surface area contributed by atoms with Gasteiger partial charge in [-0.3, -0.25) is 0 Å². The summed E-state index contributed by atoms with van der Waals surface area (Å²) in [6.45, 7) is 0. The van der Waals surface area contributed by atoms with Gasteiger partial charge in [0, 0.05) is 10.6 Å². The molecule has 4 heteroatoms. The highest BCUT2D eigenvalue weighted by molar-refractivity contribution is 6.31. The number of rotatable bonds is 2. The Morgan fingerprint density at radius 3 is 2.57 bits per heavy atom. The Balaban J connectivity index is 2.47. The molecule has 0 bridgehead atoms. The summed E-state index contributed by atoms with van der Waals surface area (Å²) in [7, 11) is 0. The summed E-state index contributed by atoms with van der Waals surface area (Å²) in [6, 6.07) is 4.77. The van der Waals surface area contributed by atoms with E-state index >= 15 is 0 Å². The van der Waals surface area contributed by atoms with Gasteiger partial charge in [0.25, 0.3) is 0 Å². The first-order valence-corrected chi connectivity index (χ1v) is 4.72. The van der Waals surface area contributed by atoms with Gasteiger partial charge in [0.1, 0.15) is 0 Å². The van der Waals surface area contributed by atoms with Gasteiger partial charge in [-0.05, 0) is 36.6 Å². The van der Waals surface area contributed by atoms with E-state index in [0.717, 1.165) is 18.4 Å². The minimum atomic E-state index is -0.974. The second kappa shape index (κ2) is 2.97. The van der Waals surface area contributed by atoms with Crippen LogP contribution in [0.15, 0.2) is 18.2 Å². The maximum Gasteiger partial charge on any atom is 0.335 e. The molecule has 0 saturated heterocycles. The second-order valence-electron chi connectivity index (χ2n) is 3.69. The Bertz CT molecular complexity index is 399. The van der Waals surface area contributed by atoms with Crippen molar-refractivity contribution in [2.24, 2.45) is 5.73 Å². The van der Waals surface area contributed by atoms with E-state index < -0.39 is 5.97 Å². The van der Waals surface area contributed by atoms with Gasteiger partial charge in [-0.25, -0.2) is 4.79 Å². The van der Waals surface area contributed by atoms with E-state index in [-0.39, 0.29) is 11.1 Å². The Kier molecular flexibility index (Phi) is 2.01. The largest absolute Gasteiger partial charge is 0.478 e. The van der Waals surface area contributed by atoms with Crippen LogP contribution in [0, 0.1) is 0 Å². The summed E-state index contributed by atoms with van der Waals surface area (Å²) in [4.78, 5) is 10.8. The Morgan fingerprint density at radius 2 is 2.07 bits per heavy atom. The molecule has 0 atom stereocenters. The molecule has 1 aromatic rings. The second-order valence-corrected chi connectivity index (χ2v) is 4.13. The van der Waals surface area contributed by atoms with Crippen LogP contribution in [0.5, 0.6) is 0 Å². The number of halogens is 1. The summed E-state index contributed by atoms with van der Waals surface area (Å²) in [5.41, 5.74) is 6.64. The van der Waals surface area contributed by atoms with Crippen molar-refractivity contribution in [3.8, 4) is 0 Å². The third kappa shape index (κ3) is 1.61. The maximum atomic E-state index is 10.8. The van der Waals surface area contributed by atoms with Gasteiger partial charge in [-0.15, -0.1) is 0 Å². The van der Waals surface area contributed by atoms with E-state index in [1.807, 2.05) is 0 Å². The van der Waals surface area contributed by atoms with E-state index in [4.69, 9.17) is 22.4 Å². The molecule has 0 aliphatic heterocycles. The molecule has 14 heavy (non-hydrogen) atoms. The molecule has 1 aromatic carbocycles. The highest BCUT2D eigenvalue weighted by atomic mass is 35.5. The van der Waals surface area contributed by atoms with E-state index in [2.05, 4.69) is 0 Å². The van der Waals surface area contributed by atoms with Crippen LogP contribution in [-0.4, -0.2) is 11.1 Å². The van der Waals surface area contributed by atoms with Crippen molar-refractivity contribution < 1.29 is 9.90 Å². The van der Waals surface area contributed by atoms with Gasteiger partial charge < -0.3 is 10.8 Å². The number of hydrogen-bond donors (Lipinski definition) is 2. The van der Waals surface area contributed by atoms with Gasteiger partial charge in [0.2, 0.25) is 0 Å². The van der Waals surface area contributed by atoms with Gasteiger partial charge in [0.05, 0.1) is 5.56 Å². The van der Waals surface area contributed by atoms with Crippen LogP contribution in [0.3, 0.4) is 0 Å². The number of carbonyl (C=O) groups is 1. The molecule has 3 N–H and O–H groups in total. The van der Waals surface area contributed by atoms with Crippen molar-refractivity contribution in [1.29, 1.82) is 0 Å². The first-order valence-electron chi connectivity index (χ1n) is 4.34. The molecule has 0 amide bonds. The number of nitrogens with two attached hydrogens (primary N) is 1. The first-order chi connectivity index (χ1) is 6.51. The smallest absolute Gasteiger partial charge is 0.335 e. The molecule has 3 nitrogen and oxygen atoms in total. The van der Waals surface area contributed by atoms with Crippen LogP contribution in [0.4, 0.5) is 0 Å². The maximum absolute atomic E-state index is 10.8. The summed E-state index contributed by atoms with van der Waals surface area (Å²) in [5, 5.41) is 9.25. The normalized spacial score (nSPS) is 17.9. The summed E-state index contributed by atoms with van der Waals surface area (Å²) in [5.74, 6) is -0.974. The van der Waals surface area contributed by atoms with E-state index in [9.17, 15) is 4.79 Å². The zero-order chi connectivity index (χ0) is 10.3. The van der Waals surface area contributed by atoms with E-state index in [1.165, 1.54) is 6.07 Å². The van der Waals surface area contributed by atoms with Crippen molar-refractivity contribution in [2.75, 3.05) is 0 Å². The van der Waals surface area contributed by atoms with Crippen LogP contribution >= 0.6 is 11.6 Å². The molecule has 0 unspecified atom stereocenters. The Morgan fingerprint density at radius 1 is 1.43 bits per heavy atom. The van der Waals surface area contributed by atoms with Crippen LogP contribution in [0.1, 0.15) is 28.8 Å². The molecule has 2 rings (SSSR count). The lowest BCUT2D eigenvalue weighted by atomic mass is 10.0. The van der Waals surface area contributed by atoms with Gasteiger partial charge in [-0.2, -0.15) is 0 Å². The lowest BCUT2D eigenvalue weighted by molar-refractivity contribution is 0.0696. The summed E-state index contributed by atoms with van der Waals surface area (Å²) in [6.07, 6.45) is 1.79. The van der Waals surface area contributed by atoms with Gasteiger partial charge >= 0.3 is 5.97 Å². The average Bonchev–Trinajstić information content (AvgIpc) is 2.84. The standard InChI is InChI=1S/C10H10ClNO2/c11-8-4-6(9(13)14)3-7(5-8)10(12)1-2-10/h3-5H,1-2,12H2,(H,13,14). The zero-order valence-corrected chi connectivity index (χ0v) is 8.21. The number of aromatic carboxylic acids is 1. The van der Waals surface area contributed by atoms with Crippen molar-refractivity contribution in [2.45, 2.75) is 18.4 Å². The molecular weight excluding hydrogens is 202 g/mol. The van der Waals surface area contributed by atoms with E-state index in [0.29, 0.717) is 5.02 Å². The summed E-state index contributed by atoms with van der Waals surface area (Å²) < 4.78 is 0. The molecule has 1 fully saturated rings. The minimum absolute atomic E-state index is 0.198. The number of benzene rings is 1. The number of carboxylic acids is 1. The van der Waals surface area contributed by atoms with Crippen LogP contribution in [0.25, 0.3) is 0 Å². The molecule has 0 heterocycles. The van der Waals surface area contributed by atoms with Crippen LogP contribution in [0.2, 0.25) is 5.02 Å². The zero-order valence-electron chi connectivity index (χ0n) is 7.46. The molecule has 1 aliphatic carbocycles. The predicted octanol–water partition coefficient (Wildman–Crippen LogP) is 1.99. The fourth-order valence-corrected chi connectivity index (χ4v) is 1.66. The van der Waals surface area contributed by atoms with Crippen molar-refractivity contribution in [1.82, 2.24) is 0 Å². The molecular formula is C10H10ClNO2. The minimum Gasteiger partial charge on any atom is -0.478 e. The van der Waals surface area contributed by atoms with Crippen molar-refractivity contribution in [3.05, 3.63) is 34.3 Å². The average molecular weight is 212 g/mol. The lowest BCUT2D eigenvalue weighted by Gasteiger charge is -2.10. The fraction of sp³-hybridized carbons (Fsp3) is 0.300. The molecule has 0 spiro atoms.